The van der Waals surface area contributed by atoms with Gasteiger partial charge in [-0.1, -0.05) is 19.1 Å². The van der Waals surface area contributed by atoms with Crippen LogP contribution in [0.15, 0.2) is 71.6 Å². The van der Waals surface area contributed by atoms with Gasteiger partial charge in [-0.15, -0.1) is 0 Å². The highest BCUT2D eigenvalue weighted by Crippen LogP contribution is 2.52. The van der Waals surface area contributed by atoms with Crippen LogP contribution in [0.3, 0.4) is 0 Å². The molecular formula is C51H63BrN11O4P. The number of halogens is 1. The average Bonchev–Trinajstić information content (AvgIpc) is 3.34. The van der Waals surface area contributed by atoms with E-state index in [2.05, 4.69) is 110 Å². The second-order valence-electron chi connectivity index (χ2n) is 19.8. The van der Waals surface area contributed by atoms with Gasteiger partial charge in [-0.3, -0.25) is 34.7 Å². The minimum atomic E-state index is -2.77. The smallest absolute Gasteiger partial charge is 0.234 e. The number of nitrogens with one attached hydrogen (secondary N) is 3. The second-order valence-corrected chi connectivity index (χ2v) is 23.8. The number of hydrogen-bond donors (Lipinski definition) is 3. The zero-order chi connectivity index (χ0) is 47.2. The third-order valence-corrected chi connectivity index (χ3v) is 17.5. The number of amides is 2. The first-order valence-electron chi connectivity index (χ1n) is 24.4. The number of piperidine rings is 3. The second kappa shape index (κ2) is 19.3. The molecule has 4 saturated heterocycles. The van der Waals surface area contributed by atoms with Crippen molar-refractivity contribution < 1.29 is 18.9 Å². The molecule has 1 atom stereocenters. The Balaban J connectivity index is 0.706. The normalized spacial score (nSPS) is 20.9. The number of methoxy groups -OCH3 is 1. The number of ether oxygens (including phenoxy) is 1. The van der Waals surface area contributed by atoms with E-state index in [1.165, 1.54) is 42.6 Å². The lowest BCUT2D eigenvalue weighted by Gasteiger charge is -2.57. The Morgan fingerprint density at radius 3 is 2.21 bits per heavy atom. The minimum absolute atomic E-state index is 0.168. The Morgan fingerprint density at radius 1 is 0.824 bits per heavy atom. The van der Waals surface area contributed by atoms with Gasteiger partial charge in [0.25, 0.3) is 0 Å². The number of aromatic nitrogens is 4. The van der Waals surface area contributed by atoms with E-state index in [-0.39, 0.29) is 17.7 Å². The highest BCUT2D eigenvalue weighted by Gasteiger charge is 2.48. The number of nitrogens with zero attached hydrogens (tertiary/aromatic N) is 8. The Hall–Kier alpha value is -5.15. The number of piperazine rings is 1. The fraction of sp³-hybridized carbons (Fsp3) is 0.490. The maximum absolute atomic E-state index is 13.6. The maximum atomic E-state index is 13.6. The van der Waals surface area contributed by atoms with Crippen molar-refractivity contribution in [3.05, 3.63) is 82.7 Å². The lowest BCUT2D eigenvalue weighted by atomic mass is 9.60. The van der Waals surface area contributed by atoms with Crippen LogP contribution >= 0.6 is 23.1 Å². The summed E-state index contributed by atoms with van der Waals surface area (Å²) in [4.78, 5) is 53.0. The summed E-state index contributed by atoms with van der Waals surface area (Å²) in [5.74, 6) is 1.08. The molecule has 2 aromatic heterocycles. The SMILES string of the molecule is CCc1cc(Nc2ncc(Br)c(Nc3ccc4nccnc4c3P(C)(C)=O)n2)c(OC)cc1N1CCC(N2CCN(C3CC4(CCN(c5ccc(C6CCC(=O)NC6=O)cc5)CC4)C3)CC2)CC1. The summed E-state index contributed by atoms with van der Waals surface area (Å²) in [5.41, 5.74) is 7.92. The molecule has 5 fully saturated rings. The number of rotatable bonds is 12. The van der Waals surface area contributed by atoms with E-state index in [4.69, 9.17) is 9.72 Å². The third-order valence-electron chi connectivity index (χ3n) is 15.4. The summed E-state index contributed by atoms with van der Waals surface area (Å²) in [6.07, 6.45) is 14.3. The van der Waals surface area contributed by atoms with E-state index >= 15 is 0 Å². The van der Waals surface area contributed by atoms with Crippen LogP contribution in [0.2, 0.25) is 0 Å². The van der Waals surface area contributed by atoms with E-state index in [9.17, 15) is 14.2 Å². The molecule has 1 aliphatic carbocycles. The van der Waals surface area contributed by atoms with Crippen LogP contribution in [0, 0.1) is 5.41 Å². The maximum Gasteiger partial charge on any atom is 0.234 e. The van der Waals surface area contributed by atoms with Crippen molar-refractivity contribution in [1.82, 2.24) is 35.1 Å². The molecule has 0 radical (unpaired) electrons. The summed E-state index contributed by atoms with van der Waals surface area (Å²) in [7, 11) is -1.06. The van der Waals surface area contributed by atoms with Crippen molar-refractivity contribution in [2.24, 2.45) is 5.41 Å². The summed E-state index contributed by atoms with van der Waals surface area (Å²) in [6.45, 7) is 14.5. The van der Waals surface area contributed by atoms with Crippen LogP contribution < -0.4 is 35.8 Å². The number of fused-ring (bicyclic) bond motifs is 1. The number of benzene rings is 3. The van der Waals surface area contributed by atoms with Crippen LogP contribution in [0.4, 0.5) is 34.5 Å². The van der Waals surface area contributed by atoms with E-state index in [0.29, 0.717) is 68.6 Å². The lowest BCUT2D eigenvalue weighted by Crippen LogP contribution is -2.60. The number of carbonyl (C=O) groups is 2. The van der Waals surface area contributed by atoms with E-state index in [1.54, 1.807) is 39.0 Å². The predicted molar refractivity (Wildman–Crippen MR) is 274 cm³/mol. The number of anilines is 6. The first-order valence-corrected chi connectivity index (χ1v) is 27.7. The van der Waals surface area contributed by atoms with Crippen molar-refractivity contribution in [3.63, 3.8) is 0 Å². The Kier molecular flexibility index (Phi) is 13.2. The first-order chi connectivity index (χ1) is 32.9. The standard InChI is InChI=1S/C51H63BrN11O4P/c1-5-33-28-42(57-50-55-32-39(52)48(59-50)56-41-12-11-40-46(54-19-18-53-40)47(41)68(3,4)66)44(67-2)29-43(33)63-20-14-36(15-21-63)61-24-26-62(27-25-61)37-30-51(31-37)16-22-60(23-17-51)35-8-6-34(7-9-35)38-10-13-45(64)58-49(38)65/h6-9,11-12,18-19,28-29,32,36-38H,5,10,13-17,20-27,30-31H2,1-4H3,(H,58,64,65)(H2,55,56,57,59). The number of aryl methyl sites for hydroxylation is 1. The molecule has 358 valence electrons. The van der Waals surface area contributed by atoms with Gasteiger partial charge < -0.3 is 29.7 Å². The molecule has 5 aromatic rings. The minimum Gasteiger partial charge on any atom is -0.494 e. The molecule has 15 nitrogen and oxygen atoms in total. The lowest BCUT2D eigenvalue weighted by molar-refractivity contribution is -0.134. The molecule has 3 aromatic carbocycles. The molecule has 3 N–H and O–H groups in total. The third kappa shape index (κ3) is 9.58. The van der Waals surface area contributed by atoms with Crippen LogP contribution in [-0.2, 0) is 20.6 Å². The van der Waals surface area contributed by atoms with Crippen molar-refractivity contribution >= 4 is 85.7 Å². The van der Waals surface area contributed by atoms with Crippen molar-refractivity contribution in [1.29, 1.82) is 0 Å². The number of carbonyl (C=O) groups excluding carboxylic acids is 2. The zero-order valence-electron chi connectivity index (χ0n) is 39.6. The van der Waals surface area contributed by atoms with Crippen LogP contribution in [0.25, 0.3) is 11.0 Å². The monoisotopic (exact) mass is 1000 g/mol. The Morgan fingerprint density at radius 2 is 1.53 bits per heavy atom. The fourth-order valence-electron chi connectivity index (χ4n) is 11.6. The van der Waals surface area contributed by atoms with Gasteiger partial charge in [0.2, 0.25) is 17.8 Å². The Bertz CT molecular complexity index is 2720. The molecule has 0 bridgehead atoms. The number of hydrogen-bond acceptors (Lipinski definition) is 14. The quantitative estimate of drug-likeness (QED) is 0.0814. The van der Waals surface area contributed by atoms with Gasteiger partial charge in [0.1, 0.15) is 24.2 Å². The summed E-state index contributed by atoms with van der Waals surface area (Å²) < 4.78 is 20.2. The highest BCUT2D eigenvalue weighted by atomic mass is 79.9. The van der Waals surface area contributed by atoms with Gasteiger partial charge in [0.15, 0.2) is 0 Å². The van der Waals surface area contributed by atoms with Crippen LogP contribution in [0.1, 0.15) is 75.3 Å². The van der Waals surface area contributed by atoms with Crippen molar-refractivity contribution in [2.75, 3.05) is 93.2 Å². The van der Waals surface area contributed by atoms with E-state index < -0.39 is 7.14 Å². The molecule has 6 heterocycles. The van der Waals surface area contributed by atoms with E-state index in [0.717, 1.165) is 88.6 Å². The zero-order valence-corrected chi connectivity index (χ0v) is 42.1. The molecule has 17 heteroatoms. The molecule has 4 aliphatic heterocycles. The molecule has 1 unspecified atom stereocenters. The fourth-order valence-corrected chi connectivity index (χ4v) is 13.3. The largest absolute Gasteiger partial charge is 0.494 e. The average molecular weight is 1010 g/mol. The van der Waals surface area contributed by atoms with E-state index in [1.807, 2.05) is 12.1 Å². The van der Waals surface area contributed by atoms with Crippen molar-refractivity contribution in [2.45, 2.75) is 82.7 Å². The summed E-state index contributed by atoms with van der Waals surface area (Å²) in [5, 5.41) is 9.95. The predicted octanol–water partition coefficient (Wildman–Crippen LogP) is 8.04. The van der Waals surface area contributed by atoms with Crippen molar-refractivity contribution in [3.8, 4) is 5.75 Å². The van der Waals surface area contributed by atoms with Gasteiger partial charge in [0.05, 0.1) is 39.7 Å². The van der Waals surface area contributed by atoms with Crippen LogP contribution in [-0.4, -0.2) is 126 Å². The molecule has 1 saturated carbocycles. The molecule has 2 amide bonds. The molecular weight excluding hydrogens is 942 g/mol. The first kappa shape index (κ1) is 46.6. The highest BCUT2D eigenvalue weighted by molar-refractivity contribution is 9.10. The molecule has 1 spiro atoms. The number of imide groups is 1. The van der Waals surface area contributed by atoms with Gasteiger partial charge in [-0.25, -0.2) is 4.98 Å². The summed E-state index contributed by atoms with van der Waals surface area (Å²) in [6, 6.07) is 17.9. The Labute approximate surface area is 407 Å². The molecule has 5 aliphatic rings. The molecule has 10 rings (SSSR count). The topological polar surface area (TPSA) is 161 Å². The molecule has 68 heavy (non-hydrogen) atoms. The van der Waals surface area contributed by atoms with Gasteiger partial charge in [0, 0.05) is 107 Å². The van der Waals surface area contributed by atoms with Gasteiger partial charge in [-0.05, 0) is 127 Å². The summed E-state index contributed by atoms with van der Waals surface area (Å²) >= 11 is 3.62. The van der Waals surface area contributed by atoms with Gasteiger partial charge in [-0.2, -0.15) is 4.98 Å². The van der Waals surface area contributed by atoms with Gasteiger partial charge >= 0.3 is 0 Å². The van der Waals surface area contributed by atoms with Crippen LogP contribution in [0.5, 0.6) is 5.75 Å².